The predicted molar refractivity (Wildman–Crippen MR) is 52.0 cm³/mol. The van der Waals surface area contributed by atoms with Gasteiger partial charge >= 0.3 is 0 Å². The second-order valence-corrected chi connectivity index (χ2v) is 4.05. The second kappa shape index (κ2) is 3.51. The Morgan fingerprint density at radius 1 is 1.36 bits per heavy atom. The fourth-order valence-electron chi connectivity index (χ4n) is 1.03. The number of rotatable bonds is 1. The van der Waals surface area contributed by atoms with E-state index < -0.39 is 5.82 Å². The van der Waals surface area contributed by atoms with Crippen LogP contribution in [0, 0.1) is 5.82 Å². The second-order valence-electron chi connectivity index (χ2n) is 2.49. The van der Waals surface area contributed by atoms with E-state index in [0.717, 1.165) is 11.3 Å². The van der Waals surface area contributed by atoms with Crippen LogP contribution in [0.1, 0.15) is 0 Å². The number of aromatic nitrogens is 2. The van der Waals surface area contributed by atoms with Crippen LogP contribution in [0.2, 0.25) is 4.47 Å². The topological polar surface area (TPSA) is 46.0 Å². The minimum atomic E-state index is -0.544. The summed E-state index contributed by atoms with van der Waals surface area (Å²) in [4.78, 5) is 0. The van der Waals surface area contributed by atoms with Crippen molar-refractivity contribution in [2.75, 3.05) is 0 Å². The van der Waals surface area contributed by atoms with Gasteiger partial charge in [-0.05, 0) is 23.7 Å². The fraction of sp³-hybridized carbons (Fsp3) is 0. The Labute approximate surface area is 87.8 Å². The van der Waals surface area contributed by atoms with E-state index in [1.54, 1.807) is 0 Å². The van der Waals surface area contributed by atoms with Gasteiger partial charge in [-0.2, -0.15) is 0 Å². The smallest absolute Gasteiger partial charge is 0.207 e. The van der Waals surface area contributed by atoms with Gasteiger partial charge in [-0.3, -0.25) is 0 Å². The fourth-order valence-corrected chi connectivity index (χ4v) is 1.91. The van der Waals surface area contributed by atoms with Gasteiger partial charge in [0, 0.05) is 0 Å². The molecule has 0 radical (unpaired) electrons. The quantitative estimate of drug-likeness (QED) is 0.819. The average molecular weight is 231 g/mol. The van der Waals surface area contributed by atoms with Gasteiger partial charge in [-0.25, -0.2) is 4.39 Å². The van der Waals surface area contributed by atoms with Crippen LogP contribution in [0.4, 0.5) is 4.39 Å². The van der Waals surface area contributed by atoms with Gasteiger partial charge in [0.2, 0.25) is 4.47 Å². The molecular weight excluding hydrogens is 227 g/mol. The number of phenols is 1. The summed E-state index contributed by atoms with van der Waals surface area (Å²) in [6.45, 7) is 0. The van der Waals surface area contributed by atoms with Gasteiger partial charge in [0.15, 0.2) is 5.01 Å². The summed E-state index contributed by atoms with van der Waals surface area (Å²) in [5, 5.41) is 16.9. The number of hydrogen-bond acceptors (Lipinski definition) is 4. The molecule has 0 aliphatic heterocycles. The van der Waals surface area contributed by atoms with E-state index in [1.165, 1.54) is 18.2 Å². The summed E-state index contributed by atoms with van der Waals surface area (Å²) < 4.78 is 13.5. The molecule has 2 aromatic rings. The van der Waals surface area contributed by atoms with Crippen molar-refractivity contribution < 1.29 is 9.50 Å². The molecule has 72 valence electrons. The van der Waals surface area contributed by atoms with Crippen LogP contribution in [-0.4, -0.2) is 15.3 Å². The molecule has 0 spiro atoms. The Morgan fingerprint density at radius 2 is 2.14 bits per heavy atom. The molecular formula is C8H4ClFN2OS. The van der Waals surface area contributed by atoms with Gasteiger partial charge in [-0.15, -0.1) is 10.2 Å². The highest BCUT2D eigenvalue weighted by Gasteiger charge is 2.14. The van der Waals surface area contributed by atoms with E-state index in [0.29, 0.717) is 0 Å². The molecule has 0 unspecified atom stereocenters. The minimum absolute atomic E-state index is 0.0388. The number of hydrogen-bond donors (Lipinski definition) is 1. The highest BCUT2D eigenvalue weighted by Crippen LogP contribution is 2.34. The zero-order valence-corrected chi connectivity index (χ0v) is 8.31. The summed E-state index contributed by atoms with van der Waals surface area (Å²) >= 11 is 6.57. The predicted octanol–water partition coefficient (Wildman–Crippen LogP) is 2.70. The van der Waals surface area contributed by atoms with E-state index >= 15 is 0 Å². The number of benzene rings is 1. The molecule has 0 aliphatic rings. The maximum Gasteiger partial charge on any atom is 0.207 e. The van der Waals surface area contributed by atoms with Crippen LogP contribution in [0.3, 0.4) is 0 Å². The lowest BCUT2D eigenvalue weighted by atomic mass is 10.2. The van der Waals surface area contributed by atoms with Crippen LogP contribution in [0.25, 0.3) is 10.6 Å². The summed E-state index contributed by atoms with van der Waals surface area (Å²) in [6, 6.07) is 4.04. The first kappa shape index (κ1) is 9.36. The van der Waals surface area contributed by atoms with Gasteiger partial charge in [0.05, 0.1) is 5.56 Å². The van der Waals surface area contributed by atoms with Crippen LogP contribution in [0.15, 0.2) is 18.2 Å². The lowest BCUT2D eigenvalue weighted by Crippen LogP contribution is -1.84. The number of phenolic OH excluding ortho intramolecular Hbond substituents is 1. The molecule has 6 heteroatoms. The first-order chi connectivity index (χ1) is 6.68. The number of nitrogens with zero attached hydrogens (tertiary/aromatic N) is 2. The molecule has 0 aliphatic carbocycles. The standard InChI is InChI=1S/C8H4ClFN2OS/c9-8-12-11-7(14-8)6-4(10)2-1-3-5(6)13/h1-3,13H. The summed E-state index contributed by atoms with van der Waals surface area (Å²) in [5.74, 6) is -0.712. The van der Waals surface area contributed by atoms with Crippen molar-refractivity contribution in [1.29, 1.82) is 0 Å². The Bertz CT molecular complexity index is 454. The van der Waals surface area contributed by atoms with Crippen LogP contribution in [0.5, 0.6) is 5.75 Å². The molecule has 2 rings (SSSR count). The molecule has 0 amide bonds. The Morgan fingerprint density at radius 3 is 2.71 bits per heavy atom. The van der Waals surface area contributed by atoms with E-state index in [1.807, 2.05) is 0 Å². The van der Waals surface area contributed by atoms with E-state index in [2.05, 4.69) is 10.2 Å². The van der Waals surface area contributed by atoms with Crippen molar-refractivity contribution in [3.05, 3.63) is 28.5 Å². The largest absolute Gasteiger partial charge is 0.507 e. The van der Waals surface area contributed by atoms with E-state index in [4.69, 9.17) is 11.6 Å². The third-order valence-electron chi connectivity index (χ3n) is 1.61. The molecule has 1 aromatic heterocycles. The SMILES string of the molecule is Oc1cccc(F)c1-c1nnc(Cl)s1. The maximum absolute atomic E-state index is 13.3. The normalized spacial score (nSPS) is 10.4. The molecule has 1 N–H and O–H groups in total. The molecule has 0 fully saturated rings. The molecule has 14 heavy (non-hydrogen) atoms. The van der Waals surface area contributed by atoms with Crippen molar-refractivity contribution in [1.82, 2.24) is 10.2 Å². The third kappa shape index (κ3) is 1.56. The number of aromatic hydroxyl groups is 1. The van der Waals surface area contributed by atoms with Crippen LogP contribution < -0.4 is 0 Å². The zero-order chi connectivity index (χ0) is 10.1. The van der Waals surface area contributed by atoms with Gasteiger partial charge in [0.1, 0.15) is 11.6 Å². The molecule has 0 atom stereocenters. The molecule has 3 nitrogen and oxygen atoms in total. The van der Waals surface area contributed by atoms with Gasteiger partial charge in [-0.1, -0.05) is 17.4 Å². The molecule has 0 bridgehead atoms. The first-order valence-electron chi connectivity index (χ1n) is 3.65. The van der Waals surface area contributed by atoms with E-state index in [-0.39, 0.29) is 20.8 Å². The van der Waals surface area contributed by atoms with Crippen molar-refractivity contribution in [2.24, 2.45) is 0 Å². The molecule has 1 heterocycles. The van der Waals surface area contributed by atoms with Crippen LogP contribution >= 0.6 is 22.9 Å². The summed E-state index contributed by atoms with van der Waals surface area (Å²) in [5.41, 5.74) is 0.0388. The first-order valence-corrected chi connectivity index (χ1v) is 4.85. The highest BCUT2D eigenvalue weighted by atomic mass is 35.5. The summed E-state index contributed by atoms with van der Waals surface area (Å²) in [6.07, 6.45) is 0. The van der Waals surface area contributed by atoms with Crippen molar-refractivity contribution in [3.63, 3.8) is 0 Å². The minimum Gasteiger partial charge on any atom is -0.507 e. The average Bonchev–Trinajstić information content (AvgIpc) is 2.51. The lowest BCUT2D eigenvalue weighted by Gasteiger charge is -2.00. The molecule has 1 aromatic carbocycles. The molecule has 0 saturated carbocycles. The van der Waals surface area contributed by atoms with Crippen molar-refractivity contribution >= 4 is 22.9 Å². The monoisotopic (exact) mass is 230 g/mol. The van der Waals surface area contributed by atoms with Gasteiger partial charge < -0.3 is 5.11 Å². The van der Waals surface area contributed by atoms with Gasteiger partial charge in [0.25, 0.3) is 0 Å². The third-order valence-corrected chi connectivity index (χ3v) is 2.64. The lowest BCUT2D eigenvalue weighted by molar-refractivity contribution is 0.472. The van der Waals surface area contributed by atoms with Crippen LogP contribution in [-0.2, 0) is 0 Å². The highest BCUT2D eigenvalue weighted by molar-refractivity contribution is 7.18. The maximum atomic E-state index is 13.3. The zero-order valence-electron chi connectivity index (χ0n) is 6.74. The Kier molecular flexibility index (Phi) is 2.35. The number of halogens is 2. The molecule has 0 saturated heterocycles. The van der Waals surface area contributed by atoms with E-state index in [9.17, 15) is 9.50 Å². The Hall–Kier alpha value is -1.20. The summed E-state index contributed by atoms with van der Waals surface area (Å²) in [7, 11) is 0. The Balaban J connectivity index is 2.61. The van der Waals surface area contributed by atoms with Crippen molar-refractivity contribution in [3.8, 4) is 16.3 Å². The van der Waals surface area contributed by atoms with Crippen molar-refractivity contribution in [2.45, 2.75) is 0 Å².